The summed E-state index contributed by atoms with van der Waals surface area (Å²) in [6.07, 6.45) is 6.34. The number of fused-ring (bicyclic) bond motifs is 1. The maximum absolute atomic E-state index is 12.6. The molecule has 3 N–H and O–H groups in total. The molecule has 0 bridgehead atoms. The van der Waals surface area contributed by atoms with Crippen molar-refractivity contribution >= 4 is 28.2 Å². The van der Waals surface area contributed by atoms with Crippen molar-refractivity contribution in [2.45, 2.75) is 44.9 Å². The van der Waals surface area contributed by atoms with Crippen molar-refractivity contribution in [2.75, 3.05) is 18.4 Å². The van der Waals surface area contributed by atoms with Crippen LogP contribution in [-0.2, 0) is 6.42 Å². The summed E-state index contributed by atoms with van der Waals surface area (Å²) in [6.45, 7) is 3.91. The third-order valence-electron chi connectivity index (χ3n) is 5.15. The first-order chi connectivity index (χ1) is 12.1. The van der Waals surface area contributed by atoms with Gasteiger partial charge in [-0.1, -0.05) is 0 Å². The van der Waals surface area contributed by atoms with E-state index in [1.807, 2.05) is 13.1 Å². The number of nitrogens with zero attached hydrogens (tertiary/aromatic N) is 1. The molecule has 0 unspecified atom stereocenters. The number of thiazole rings is 1. The van der Waals surface area contributed by atoms with Crippen LogP contribution in [0.1, 0.15) is 68.6 Å². The Labute approximate surface area is 150 Å². The molecule has 7 heteroatoms. The summed E-state index contributed by atoms with van der Waals surface area (Å²) in [6, 6.07) is 0. The zero-order valence-corrected chi connectivity index (χ0v) is 15.1. The van der Waals surface area contributed by atoms with Gasteiger partial charge < -0.3 is 10.3 Å². The molecule has 6 nitrogen and oxygen atoms in total. The van der Waals surface area contributed by atoms with Gasteiger partial charge in [0.25, 0.3) is 5.91 Å². The fraction of sp³-hybridized carbons (Fsp3) is 0.500. The maximum atomic E-state index is 12.6. The van der Waals surface area contributed by atoms with Gasteiger partial charge >= 0.3 is 0 Å². The van der Waals surface area contributed by atoms with Crippen molar-refractivity contribution in [1.82, 2.24) is 15.3 Å². The summed E-state index contributed by atoms with van der Waals surface area (Å²) in [7, 11) is 0. The number of aromatic nitrogens is 2. The van der Waals surface area contributed by atoms with Gasteiger partial charge in [0.05, 0.1) is 0 Å². The molecule has 1 amide bonds. The second-order valence-corrected chi connectivity index (χ2v) is 7.86. The zero-order valence-electron chi connectivity index (χ0n) is 14.3. The summed E-state index contributed by atoms with van der Waals surface area (Å²) in [5.74, 6) is 0.448. The minimum absolute atomic E-state index is 0.136. The summed E-state index contributed by atoms with van der Waals surface area (Å²) in [5.41, 5.74) is 2.85. The van der Waals surface area contributed by atoms with Gasteiger partial charge in [0, 0.05) is 28.8 Å². The highest BCUT2D eigenvalue weighted by atomic mass is 32.1. The highest BCUT2D eigenvalue weighted by molar-refractivity contribution is 7.15. The third-order valence-corrected chi connectivity index (χ3v) is 6.23. The van der Waals surface area contributed by atoms with Crippen molar-refractivity contribution in [3.63, 3.8) is 0 Å². The molecule has 1 aliphatic carbocycles. The molecule has 0 spiro atoms. The molecule has 0 saturated carbocycles. The number of aromatic amines is 1. The number of H-pyrrole nitrogens is 1. The van der Waals surface area contributed by atoms with Crippen molar-refractivity contribution in [3.05, 3.63) is 33.6 Å². The number of anilines is 1. The molecule has 0 atom stereocenters. The van der Waals surface area contributed by atoms with Gasteiger partial charge in [-0.05, 0) is 57.2 Å². The Kier molecular flexibility index (Phi) is 4.43. The second-order valence-electron chi connectivity index (χ2n) is 6.80. The van der Waals surface area contributed by atoms with Gasteiger partial charge in [0.15, 0.2) is 10.9 Å². The highest BCUT2D eigenvalue weighted by Gasteiger charge is 2.27. The first-order valence-electron chi connectivity index (χ1n) is 8.86. The Hall–Kier alpha value is -1.99. The molecule has 25 heavy (non-hydrogen) atoms. The van der Waals surface area contributed by atoms with E-state index in [1.54, 1.807) is 11.3 Å². The zero-order chi connectivity index (χ0) is 17.4. The Morgan fingerprint density at radius 1 is 1.32 bits per heavy atom. The number of ketones is 1. The quantitative estimate of drug-likeness (QED) is 0.787. The number of nitrogens with one attached hydrogen (secondary N) is 3. The van der Waals surface area contributed by atoms with Gasteiger partial charge in [-0.15, -0.1) is 11.3 Å². The van der Waals surface area contributed by atoms with Crippen molar-refractivity contribution in [2.24, 2.45) is 0 Å². The number of rotatable bonds is 3. The maximum Gasteiger partial charge on any atom is 0.274 e. The van der Waals surface area contributed by atoms with Gasteiger partial charge in [-0.25, -0.2) is 4.98 Å². The van der Waals surface area contributed by atoms with Gasteiger partial charge in [-0.3, -0.25) is 14.9 Å². The normalized spacial score (nSPS) is 18.2. The van der Waals surface area contributed by atoms with Crippen LogP contribution in [0.2, 0.25) is 0 Å². The number of hydrogen-bond donors (Lipinski definition) is 3. The van der Waals surface area contributed by atoms with Crippen LogP contribution in [0.4, 0.5) is 5.13 Å². The lowest BCUT2D eigenvalue weighted by molar-refractivity contribution is 0.0971. The monoisotopic (exact) mass is 358 g/mol. The van der Waals surface area contributed by atoms with E-state index >= 15 is 0 Å². The fourth-order valence-corrected chi connectivity index (χ4v) is 4.78. The smallest absolute Gasteiger partial charge is 0.274 e. The van der Waals surface area contributed by atoms with E-state index in [0.29, 0.717) is 28.7 Å². The molecule has 1 saturated heterocycles. The van der Waals surface area contributed by atoms with Crippen LogP contribution in [0.3, 0.4) is 0 Å². The van der Waals surface area contributed by atoms with Crippen molar-refractivity contribution in [1.29, 1.82) is 0 Å². The Morgan fingerprint density at radius 2 is 2.12 bits per heavy atom. The molecule has 1 fully saturated rings. The van der Waals surface area contributed by atoms with Crippen LogP contribution >= 0.6 is 11.3 Å². The summed E-state index contributed by atoms with van der Waals surface area (Å²) >= 11 is 1.55. The van der Waals surface area contributed by atoms with E-state index in [0.717, 1.165) is 50.0 Å². The number of Topliss-reactive ketones (excluding diaryl/α,β-unsaturated/α-hetero) is 1. The summed E-state index contributed by atoms with van der Waals surface area (Å²) < 4.78 is 0. The molecule has 2 aliphatic rings. The predicted octanol–water partition coefficient (Wildman–Crippen LogP) is 3.02. The first-order valence-corrected chi connectivity index (χ1v) is 9.67. The van der Waals surface area contributed by atoms with Crippen LogP contribution < -0.4 is 10.6 Å². The lowest BCUT2D eigenvalue weighted by atomic mass is 9.94. The standard InChI is InChI=1S/C18H22N4O2S/c1-10-15-12(3-2-4-13(15)23)21-16(10)17(24)22-18-20-9-14(25-18)11-5-7-19-8-6-11/h9,11,19,21H,2-8H2,1H3,(H,20,22,24). The average molecular weight is 358 g/mol. The van der Waals surface area contributed by atoms with Crippen molar-refractivity contribution < 1.29 is 9.59 Å². The van der Waals surface area contributed by atoms with E-state index in [1.165, 1.54) is 4.88 Å². The van der Waals surface area contributed by atoms with Gasteiger partial charge in [-0.2, -0.15) is 0 Å². The minimum Gasteiger partial charge on any atom is -0.354 e. The number of hydrogen-bond acceptors (Lipinski definition) is 5. The van der Waals surface area contributed by atoms with E-state index < -0.39 is 0 Å². The third kappa shape index (κ3) is 3.14. The van der Waals surface area contributed by atoms with E-state index in [-0.39, 0.29) is 11.7 Å². The van der Waals surface area contributed by atoms with Crippen LogP contribution in [0.15, 0.2) is 6.20 Å². The number of amides is 1. The lowest BCUT2D eigenvalue weighted by Gasteiger charge is -2.20. The van der Waals surface area contributed by atoms with Crippen LogP contribution in [0.5, 0.6) is 0 Å². The molecule has 132 valence electrons. The molecule has 3 heterocycles. The highest BCUT2D eigenvalue weighted by Crippen LogP contribution is 2.32. The van der Waals surface area contributed by atoms with Gasteiger partial charge in [0.1, 0.15) is 5.69 Å². The van der Waals surface area contributed by atoms with E-state index in [9.17, 15) is 9.59 Å². The first kappa shape index (κ1) is 16.5. The molecular formula is C18H22N4O2S. The van der Waals surface area contributed by atoms with E-state index in [4.69, 9.17) is 0 Å². The predicted molar refractivity (Wildman–Crippen MR) is 97.7 cm³/mol. The van der Waals surface area contributed by atoms with Crippen LogP contribution in [-0.4, -0.2) is 34.7 Å². The Balaban J connectivity index is 1.51. The molecule has 0 radical (unpaired) electrons. The van der Waals surface area contributed by atoms with Crippen LogP contribution in [0, 0.1) is 6.92 Å². The Morgan fingerprint density at radius 3 is 2.88 bits per heavy atom. The molecule has 2 aromatic rings. The second kappa shape index (κ2) is 6.72. The molecule has 2 aromatic heterocycles. The topological polar surface area (TPSA) is 86.9 Å². The molecule has 0 aromatic carbocycles. The van der Waals surface area contributed by atoms with Crippen molar-refractivity contribution in [3.8, 4) is 0 Å². The van der Waals surface area contributed by atoms with E-state index in [2.05, 4.69) is 20.6 Å². The molecule has 1 aliphatic heterocycles. The summed E-state index contributed by atoms with van der Waals surface area (Å²) in [4.78, 5) is 33.5. The number of carbonyl (C=O) groups is 2. The SMILES string of the molecule is Cc1c(C(=O)Nc2ncc(C3CCNCC3)s2)[nH]c2c1C(=O)CCC2. The lowest BCUT2D eigenvalue weighted by Crippen LogP contribution is -2.26. The van der Waals surface area contributed by atoms with Crippen LogP contribution in [0.25, 0.3) is 0 Å². The minimum atomic E-state index is -0.217. The number of aryl methyl sites for hydroxylation is 1. The number of piperidine rings is 1. The number of carbonyl (C=O) groups excluding carboxylic acids is 2. The fourth-order valence-electron chi connectivity index (χ4n) is 3.80. The molecule has 4 rings (SSSR count). The largest absolute Gasteiger partial charge is 0.354 e. The Bertz CT molecular complexity index is 817. The van der Waals surface area contributed by atoms with Gasteiger partial charge in [0.2, 0.25) is 0 Å². The summed E-state index contributed by atoms with van der Waals surface area (Å²) in [5, 5.41) is 6.88. The average Bonchev–Trinajstić information content (AvgIpc) is 3.21. The molecular weight excluding hydrogens is 336 g/mol.